The molecule has 0 aromatic rings. The Morgan fingerprint density at radius 3 is 2.43 bits per heavy atom. The van der Waals surface area contributed by atoms with E-state index in [1.54, 1.807) is 0 Å². The third kappa shape index (κ3) is 8.82. The van der Waals surface area contributed by atoms with Crippen LogP contribution in [0.1, 0.15) is 58.3 Å². The first kappa shape index (κ1) is 20.6. The Hall–Kier alpha value is -0.460. The molecule has 1 heterocycles. The molecule has 0 saturated carbocycles. The van der Waals surface area contributed by atoms with Crippen molar-refractivity contribution in [2.24, 2.45) is 0 Å². The van der Waals surface area contributed by atoms with Crippen LogP contribution in [0.25, 0.3) is 0 Å². The van der Waals surface area contributed by atoms with Crippen LogP contribution in [0, 0.1) is 0 Å². The highest BCUT2D eigenvalue weighted by molar-refractivity contribution is 4.87. The van der Waals surface area contributed by atoms with Crippen molar-refractivity contribution >= 4 is 0 Å². The molecule has 0 aromatic heterocycles. The van der Waals surface area contributed by atoms with Crippen LogP contribution in [-0.2, 0) is 9.47 Å². The fourth-order valence-corrected chi connectivity index (χ4v) is 2.67. The van der Waals surface area contributed by atoms with E-state index in [4.69, 9.17) is 9.47 Å². The van der Waals surface area contributed by atoms with Crippen molar-refractivity contribution in [3.05, 3.63) is 12.2 Å². The van der Waals surface area contributed by atoms with Crippen LogP contribution in [-0.4, -0.2) is 59.6 Å². The summed E-state index contributed by atoms with van der Waals surface area (Å²) >= 11 is 0. The molecular formula is C18H34O5. The molecule has 1 aliphatic heterocycles. The summed E-state index contributed by atoms with van der Waals surface area (Å²) < 4.78 is 10.6. The maximum Gasteiger partial charge on any atom is 0.114 e. The summed E-state index contributed by atoms with van der Waals surface area (Å²) in [5, 5.41) is 28.8. The smallest absolute Gasteiger partial charge is 0.114 e. The predicted octanol–water partition coefficient (Wildman–Crippen LogP) is 2.18. The van der Waals surface area contributed by atoms with Crippen LogP contribution in [0.5, 0.6) is 0 Å². The van der Waals surface area contributed by atoms with E-state index in [0.29, 0.717) is 6.61 Å². The highest BCUT2D eigenvalue weighted by Gasteiger charge is 2.39. The van der Waals surface area contributed by atoms with Gasteiger partial charge in [-0.3, -0.25) is 0 Å². The van der Waals surface area contributed by atoms with Gasteiger partial charge in [-0.05, 0) is 25.7 Å². The third-order valence-corrected chi connectivity index (χ3v) is 4.16. The SMILES string of the molecule is CCCCCCC/C=C/CCCOC[C@@H](O)[C@H]1OC[C@H](O)[C@H]1O. The zero-order valence-electron chi connectivity index (χ0n) is 14.4. The minimum absolute atomic E-state index is 0.0616. The maximum absolute atomic E-state index is 9.86. The van der Waals surface area contributed by atoms with Gasteiger partial charge in [-0.1, -0.05) is 44.8 Å². The molecule has 4 atom stereocenters. The van der Waals surface area contributed by atoms with Gasteiger partial charge in [0, 0.05) is 6.61 Å². The summed E-state index contributed by atoms with van der Waals surface area (Å²) in [6, 6.07) is 0. The largest absolute Gasteiger partial charge is 0.388 e. The lowest BCUT2D eigenvalue weighted by molar-refractivity contribution is -0.0811. The minimum atomic E-state index is -1.03. The van der Waals surface area contributed by atoms with E-state index in [2.05, 4.69) is 19.1 Å². The van der Waals surface area contributed by atoms with E-state index in [9.17, 15) is 15.3 Å². The van der Waals surface area contributed by atoms with Gasteiger partial charge in [0.25, 0.3) is 0 Å². The van der Waals surface area contributed by atoms with Gasteiger partial charge in [0.05, 0.1) is 13.2 Å². The maximum atomic E-state index is 9.86. The molecule has 5 heteroatoms. The van der Waals surface area contributed by atoms with Crippen molar-refractivity contribution in [2.75, 3.05) is 19.8 Å². The second-order valence-corrected chi connectivity index (χ2v) is 6.31. The van der Waals surface area contributed by atoms with E-state index in [0.717, 1.165) is 19.3 Å². The summed E-state index contributed by atoms with van der Waals surface area (Å²) in [7, 11) is 0. The highest BCUT2D eigenvalue weighted by atomic mass is 16.5. The molecule has 1 saturated heterocycles. The van der Waals surface area contributed by atoms with Crippen LogP contribution in [0.15, 0.2) is 12.2 Å². The van der Waals surface area contributed by atoms with Crippen molar-refractivity contribution in [3.63, 3.8) is 0 Å². The monoisotopic (exact) mass is 330 g/mol. The zero-order chi connectivity index (χ0) is 16.9. The number of ether oxygens (including phenoxy) is 2. The average molecular weight is 330 g/mol. The second-order valence-electron chi connectivity index (χ2n) is 6.31. The number of rotatable bonds is 13. The van der Waals surface area contributed by atoms with Gasteiger partial charge in [0.1, 0.15) is 24.4 Å². The third-order valence-electron chi connectivity index (χ3n) is 4.16. The van der Waals surface area contributed by atoms with Gasteiger partial charge in [0.15, 0.2) is 0 Å². The van der Waals surface area contributed by atoms with E-state index in [1.807, 2.05) is 0 Å². The molecule has 0 aromatic carbocycles. The van der Waals surface area contributed by atoms with Gasteiger partial charge in [-0.25, -0.2) is 0 Å². The highest BCUT2D eigenvalue weighted by Crippen LogP contribution is 2.17. The van der Waals surface area contributed by atoms with Gasteiger partial charge in [-0.2, -0.15) is 0 Å². The number of allylic oxidation sites excluding steroid dienone is 2. The second kappa shape index (κ2) is 12.9. The van der Waals surface area contributed by atoms with Gasteiger partial charge < -0.3 is 24.8 Å². The predicted molar refractivity (Wildman–Crippen MR) is 90.3 cm³/mol. The molecule has 136 valence electrons. The molecule has 0 unspecified atom stereocenters. The summed E-state index contributed by atoms with van der Waals surface area (Å²) in [5.41, 5.74) is 0. The molecular weight excluding hydrogens is 296 g/mol. The van der Waals surface area contributed by atoms with Crippen molar-refractivity contribution in [3.8, 4) is 0 Å². The first-order valence-electron chi connectivity index (χ1n) is 9.05. The van der Waals surface area contributed by atoms with Crippen molar-refractivity contribution in [2.45, 2.75) is 82.7 Å². The molecule has 23 heavy (non-hydrogen) atoms. The lowest BCUT2D eigenvalue weighted by atomic mass is 10.1. The quantitative estimate of drug-likeness (QED) is 0.356. The van der Waals surface area contributed by atoms with Gasteiger partial charge in [0.2, 0.25) is 0 Å². The van der Waals surface area contributed by atoms with Gasteiger partial charge >= 0.3 is 0 Å². The number of aliphatic hydroxyl groups excluding tert-OH is 3. The first-order valence-corrected chi connectivity index (χ1v) is 9.05. The standard InChI is InChI=1S/C18H34O5/c1-2-3-4-5-6-7-8-9-10-11-12-22-13-16(20)18-17(21)15(19)14-23-18/h8-9,15-21H,2-7,10-14H2,1H3/b9-8+/t15-,16+,17+,18+/m0/s1. The molecule has 0 amide bonds. The summed E-state index contributed by atoms with van der Waals surface area (Å²) in [5.74, 6) is 0. The Morgan fingerprint density at radius 2 is 1.78 bits per heavy atom. The van der Waals surface area contributed by atoms with Crippen LogP contribution < -0.4 is 0 Å². The van der Waals surface area contributed by atoms with Crippen LogP contribution >= 0.6 is 0 Å². The van der Waals surface area contributed by atoms with E-state index in [1.165, 1.54) is 32.1 Å². The lowest BCUT2D eigenvalue weighted by Gasteiger charge is -2.20. The number of hydrogen-bond donors (Lipinski definition) is 3. The van der Waals surface area contributed by atoms with Crippen molar-refractivity contribution < 1.29 is 24.8 Å². The number of unbranched alkanes of at least 4 members (excludes halogenated alkanes) is 6. The molecule has 1 rings (SSSR count). The number of hydrogen-bond acceptors (Lipinski definition) is 5. The van der Waals surface area contributed by atoms with Crippen LogP contribution in [0.3, 0.4) is 0 Å². The average Bonchev–Trinajstić information content (AvgIpc) is 2.88. The fourth-order valence-electron chi connectivity index (χ4n) is 2.67. The molecule has 3 N–H and O–H groups in total. The van der Waals surface area contributed by atoms with Crippen LogP contribution in [0.2, 0.25) is 0 Å². The minimum Gasteiger partial charge on any atom is -0.388 e. The molecule has 0 radical (unpaired) electrons. The fraction of sp³-hybridized carbons (Fsp3) is 0.889. The Balaban J connectivity index is 1.91. The molecule has 0 aliphatic carbocycles. The molecule has 1 aliphatic rings. The Kier molecular flexibility index (Phi) is 11.5. The van der Waals surface area contributed by atoms with Crippen molar-refractivity contribution in [1.29, 1.82) is 0 Å². The zero-order valence-corrected chi connectivity index (χ0v) is 14.4. The van der Waals surface area contributed by atoms with Crippen LogP contribution in [0.4, 0.5) is 0 Å². The van der Waals surface area contributed by atoms with Gasteiger partial charge in [-0.15, -0.1) is 0 Å². The number of aliphatic hydroxyl groups is 3. The normalized spacial score (nSPS) is 26.2. The Bertz CT molecular complexity index is 308. The Morgan fingerprint density at radius 1 is 1.09 bits per heavy atom. The van der Waals surface area contributed by atoms with E-state index in [-0.39, 0.29) is 13.2 Å². The Labute approximate surface area is 140 Å². The topological polar surface area (TPSA) is 79.2 Å². The molecule has 1 fully saturated rings. The molecule has 0 bridgehead atoms. The molecule has 5 nitrogen and oxygen atoms in total. The summed E-state index contributed by atoms with van der Waals surface area (Å²) in [4.78, 5) is 0. The summed E-state index contributed by atoms with van der Waals surface area (Å²) in [6.45, 7) is 2.98. The van der Waals surface area contributed by atoms with E-state index >= 15 is 0 Å². The van der Waals surface area contributed by atoms with Crippen molar-refractivity contribution in [1.82, 2.24) is 0 Å². The lowest BCUT2D eigenvalue weighted by Crippen LogP contribution is -2.40. The summed E-state index contributed by atoms with van der Waals surface area (Å²) in [6.07, 6.45) is 10.4. The molecule has 0 spiro atoms. The first-order chi connectivity index (χ1) is 11.2. The van der Waals surface area contributed by atoms with E-state index < -0.39 is 24.4 Å².